The predicted molar refractivity (Wildman–Crippen MR) is 85.5 cm³/mol. The molecule has 1 heterocycles. The number of imidazole rings is 1. The number of para-hydroxylation sites is 1. The normalized spacial score (nSPS) is 14.8. The molecule has 2 aromatic carbocycles. The Balaban J connectivity index is 2.04. The summed E-state index contributed by atoms with van der Waals surface area (Å²) in [6.07, 6.45) is 2.20. The van der Waals surface area contributed by atoms with Crippen molar-refractivity contribution in [3.05, 3.63) is 46.7 Å². The minimum Gasteiger partial charge on any atom is -0.397 e. The van der Waals surface area contributed by atoms with Gasteiger partial charge >= 0.3 is 0 Å². The molecule has 0 unspecified atom stereocenters. The highest BCUT2D eigenvalue weighted by Gasteiger charge is 2.29. The van der Waals surface area contributed by atoms with E-state index in [1.807, 2.05) is 18.2 Å². The molecule has 5 heteroatoms. The Kier molecular flexibility index (Phi) is 2.79. The number of nitrogen functional groups attached to an aromatic ring is 1. The first-order chi connectivity index (χ1) is 10.1. The second-order valence-corrected chi connectivity index (χ2v) is 6.23. The van der Waals surface area contributed by atoms with Crippen LogP contribution in [0.3, 0.4) is 0 Å². The number of rotatable bonds is 2. The van der Waals surface area contributed by atoms with Crippen molar-refractivity contribution in [2.45, 2.75) is 18.9 Å². The van der Waals surface area contributed by atoms with Crippen LogP contribution >= 0.6 is 15.9 Å². The molecule has 0 amide bonds. The summed E-state index contributed by atoms with van der Waals surface area (Å²) in [7, 11) is 0. The van der Waals surface area contributed by atoms with Gasteiger partial charge in [0.15, 0.2) is 0 Å². The second-order valence-electron chi connectivity index (χ2n) is 5.37. The van der Waals surface area contributed by atoms with Gasteiger partial charge in [-0.25, -0.2) is 9.37 Å². The number of nitrogens with two attached hydrogens (primary N) is 1. The summed E-state index contributed by atoms with van der Waals surface area (Å²) >= 11 is 3.45. The molecule has 1 aromatic heterocycles. The van der Waals surface area contributed by atoms with Crippen molar-refractivity contribution in [2.75, 3.05) is 5.73 Å². The van der Waals surface area contributed by atoms with E-state index in [2.05, 4.69) is 25.5 Å². The fraction of sp³-hybridized carbons (Fsp3) is 0.188. The zero-order chi connectivity index (χ0) is 14.6. The van der Waals surface area contributed by atoms with Gasteiger partial charge in [0.1, 0.15) is 11.6 Å². The molecule has 1 aliphatic carbocycles. The smallest absolute Gasteiger partial charge is 0.143 e. The first-order valence-electron chi connectivity index (χ1n) is 6.87. The molecule has 1 fully saturated rings. The third kappa shape index (κ3) is 2.03. The van der Waals surface area contributed by atoms with Gasteiger partial charge < -0.3 is 10.3 Å². The average Bonchev–Trinajstić information content (AvgIpc) is 3.23. The molecule has 0 atom stereocenters. The van der Waals surface area contributed by atoms with E-state index < -0.39 is 0 Å². The number of fused-ring (bicyclic) bond motifs is 1. The molecule has 3 aromatic rings. The minimum absolute atomic E-state index is 0.238. The molecule has 0 bridgehead atoms. The zero-order valence-electron chi connectivity index (χ0n) is 11.2. The molecular weight excluding hydrogens is 333 g/mol. The van der Waals surface area contributed by atoms with Gasteiger partial charge in [0.25, 0.3) is 0 Å². The molecule has 1 aliphatic rings. The monoisotopic (exact) mass is 345 g/mol. The van der Waals surface area contributed by atoms with Crippen molar-refractivity contribution in [1.29, 1.82) is 0 Å². The Morgan fingerprint density at radius 1 is 1.24 bits per heavy atom. The lowest BCUT2D eigenvalue weighted by atomic mass is 10.1. The van der Waals surface area contributed by atoms with E-state index in [-0.39, 0.29) is 5.82 Å². The number of benzene rings is 2. The van der Waals surface area contributed by atoms with Crippen molar-refractivity contribution < 1.29 is 4.39 Å². The lowest BCUT2D eigenvalue weighted by Gasteiger charge is -2.10. The van der Waals surface area contributed by atoms with Crippen molar-refractivity contribution in [2.24, 2.45) is 0 Å². The average molecular weight is 346 g/mol. The van der Waals surface area contributed by atoms with E-state index >= 15 is 0 Å². The maximum atomic E-state index is 13.6. The van der Waals surface area contributed by atoms with E-state index in [4.69, 9.17) is 5.73 Å². The zero-order valence-corrected chi connectivity index (χ0v) is 12.8. The van der Waals surface area contributed by atoms with E-state index in [9.17, 15) is 4.39 Å². The summed E-state index contributed by atoms with van der Waals surface area (Å²) in [6.45, 7) is 0. The first-order valence-corrected chi connectivity index (χ1v) is 7.66. The lowest BCUT2D eigenvalue weighted by Crippen LogP contribution is -2.00. The van der Waals surface area contributed by atoms with Crippen molar-refractivity contribution >= 4 is 32.7 Å². The van der Waals surface area contributed by atoms with E-state index in [0.29, 0.717) is 11.7 Å². The van der Waals surface area contributed by atoms with Crippen LogP contribution in [0.4, 0.5) is 10.1 Å². The van der Waals surface area contributed by atoms with Crippen LogP contribution in [-0.2, 0) is 0 Å². The summed E-state index contributed by atoms with van der Waals surface area (Å²) in [4.78, 5) is 4.68. The van der Waals surface area contributed by atoms with Crippen molar-refractivity contribution in [3.63, 3.8) is 0 Å². The number of halogens is 2. The summed E-state index contributed by atoms with van der Waals surface area (Å²) in [5.41, 5.74) is 9.37. The van der Waals surface area contributed by atoms with Gasteiger partial charge in [-0.3, -0.25) is 0 Å². The molecule has 0 aliphatic heterocycles. The largest absolute Gasteiger partial charge is 0.397 e. The van der Waals surface area contributed by atoms with E-state index in [1.165, 1.54) is 6.07 Å². The van der Waals surface area contributed by atoms with Crippen LogP contribution in [-0.4, -0.2) is 9.55 Å². The van der Waals surface area contributed by atoms with E-state index in [0.717, 1.165) is 39.7 Å². The molecule has 1 saturated carbocycles. The highest BCUT2D eigenvalue weighted by molar-refractivity contribution is 9.10. The molecule has 0 spiro atoms. The number of anilines is 1. The van der Waals surface area contributed by atoms with Gasteiger partial charge in [0.05, 0.1) is 16.7 Å². The highest BCUT2D eigenvalue weighted by Crippen LogP contribution is 2.43. The Hall–Kier alpha value is -1.88. The molecule has 2 N–H and O–H groups in total. The molecule has 0 saturated heterocycles. The van der Waals surface area contributed by atoms with Crippen molar-refractivity contribution in [3.8, 4) is 11.4 Å². The predicted octanol–water partition coefficient (Wildman–Crippen LogP) is 4.52. The van der Waals surface area contributed by atoms with Crippen LogP contribution in [0.2, 0.25) is 0 Å². The molecule has 21 heavy (non-hydrogen) atoms. The van der Waals surface area contributed by atoms with Crippen molar-refractivity contribution in [1.82, 2.24) is 9.55 Å². The molecule has 106 valence electrons. The third-order valence-electron chi connectivity index (χ3n) is 3.86. The van der Waals surface area contributed by atoms with Gasteiger partial charge in [-0.05, 0) is 59.1 Å². The summed E-state index contributed by atoms with van der Waals surface area (Å²) in [5, 5.41) is 0. The third-order valence-corrected chi connectivity index (χ3v) is 4.55. The van der Waals surface area contributed by atoms with Crippen LogP contribution < -0.4 is 5.73 Å². The van der Waals surface area contributed by atoms with Gasteiger partial charge in [0, 0.05) is 16.1 Å². The van der Waals surface area contributed by atoms with Crippen LogP contribution in [0.1, 0.15) is 18.9 Å². The topological polar surface area (TPSA) is 43.8 Å². The molecule has 3 nitrogen and oxygen atoms in total. The Morgan fingerprint density at radius 3 is 2.81 bits per heavy atom. The van der Waals surface area contributed by atoms with E-state index in [1.54, 1.807) is 12.1 Å². The quantitative estimate of drug-likeness (QED) is 0.693. The standard InChI is InChI=1S/C16H13BrFN3/c17-12-3-1-2-11(15(12)19)16-20-13-7-4-9(18)8-14(13)21(16)10-5-6-10/h1-4,7-8,10H,5-6,19H2. The Morgan fingerprint density at radius 2 is 2.05 bits per heavy atom. The Labute approximate surface area is 129 Å². The maximum absolute atomic E-state index is 13.6. The van der Waals surface area contributed by atoms with Crippen LogP contribution in [0, 0.1) is 5.82 Å². The molecule has 4 rings (SSSR count). The number of aromatic nitrogens is 2. The highest BCUT2D eigenvalue weighted by atomic mass is 79.9. The van der Waals surface area contributed by atoms with Gasteiger partial charge in [-0.2, -0.15) is 0 Å². The maximum Gasteiger partial charge on any atom is 0.143 e. The summed E-state index contributed by atoms with van der Waals surface area (Å²) in [6, 6.07) is 10.9. The summed E-state index contributed by atoms with van der Waals surface area (Å²) in [5.74, 6) is 0.579. The van der Waals surface area contributed by atoms with Gasteiger partial charge in [0.2, 0.25) is 0 Å². The number of nitrogens with zero attached hydrogens (tertiary/aromatic N) is 2. The van der Waals surface area contributed by atoms with Crippen LogP contribution in [0.5, 0.6) is 0 Å². The second kappa shape index (κ2) is 4.56. The fourth-order valence-electron chi connectivity index (χ4n) is 2.69. The lowest BCUT2D eigenvalue weighted by molar-refractivity contribution is 0.628. The minimum atomic E-state index is -0.238. The fourth-order valence-corrected chi connectivity index (χ4v) is 3.06. The van der Waals surface area contributed by atoms with Crippen LogP contribution in [0.15, 0.2) is 40.9 Å². The SMILES string of the molecule is Nc1c(Br)cccc1-c1nc2ccc(F)cc2n1C1CC1. The first kappa shape index (κ1) is 12.8. The number of hydrogen-bond donors (Lipinski definition) is 1. The van der Waals surface area contributed by atoms with Crippen LogP contribution in [0.25, 0.3) is 22.4 Å². The Bertz CT molecular complexity index is 852. The van der Waals surface area contributed by atoms with Gasteiger partial charge in [-0.1, -0.05) is 6.07 Å². The molecule has 0 radical (unpaired) electrons. The van der Waals surface area contributed by atoms with Gasteiger partial charge in [-0.15, -0.1) is 0 Å². The molecular formula is C16H13BrFN3. The summed E-state index contributed by atoms with van der Waals surface area (Å²) < 4.78 is 16.6. The number of hydrogen-bond acceptors (Lipinski definition) is 2.